The Labute approximate surface area is 150 Å². The predicted octanol–water partition coefficient (Wildman–Crippen LogP) is 4.07. The number of nitrogens with one attached hydrogen (secondary N) is 1. The number of pyridine rings is 1. The molecule has 24 heavy (non-hydrogen) atoms. The van der Waals surface area contributed by atoms with E-state index >= 15 is 0 Å². The molecule has 0 aliphatic rings. The van der Waals surface area contributed by atoms with E-state index in [0.717, 1.165) is 5.56 Å². The second-order valence-corrected chi connectivity index (χ2v) is 5.51. The third-order valence-electron chi connectivity index (χ3n) is 2.93. The minimum Gasteiger partial charge on any atom is -0.474 e. The zero-order valence-electron chi connectivity index (χ0n) is 13.0. The maximum absolute atomic E-state index is 12.1. The number of anilines is 1. The van der Waals surface area contributed by atoms with Crippen LogP contribution in [0.25, 0.3) is 6.08 Å². The summed E-state index contributed by atoms with van der Waals surface area (Å²) in [5.74, 6) is 0.0245. The highest BCUT2D eigenvalue weighted by atomic mass is 35.5. The van der Waals surface area contributed by atoms with Gasteiger partial charge in [0.25, 0.3) is 0 Å². The molecule has 0 aliphatic heterocycles. The fourth-order valence-electron chi connectivity index (χ4n) is 1.79. The van der Waals surface area contributed by atoms with Gasteiger partial charge in [-0.2, -0.15) is 0 Å². The van der Waals surface area contributed by atoms with Crippen molar-refractivity contribution in [3.05, 3.63) is 58.2 Å². The van der Waals surface area contributed by atoms with Gasteiger partial charge in [-0.1, -0.05) is 29.3 Å². The minimum atomic E-state index is -0.314. The molecule has 0 aliphatic carbocycles. The molecule has 1 aromatic heterocycles. The normalized spacial score (nSPS) is 10.8. The fraction of sp³-hybridized carbons (Fsp3) is 0.176. The number of rotatable bonds is 7. The Balaban J connectivity index is 2.01. The number of amides is 1. The Morgan fingerprint density at radius 3 is 2.83 bits per heavy atom. The zero-order valence-corrected chi connectivity index (χ0v) is 14.5. The van der Waals surface area contributed by atoms with Crippen LogP contribution >= 0.6 is 23.2 Å². The average molecular weight is 367 g/mol. The summed E-state index contributed by atoms with van der Waals surface area (Å²) in [6.07, 6.45) is 4.62. The van der Waals surface area contributed by atoms with E-state index in [1.807, 2.05) is 0 Å². The monoisotopic (exact) mass is 366 g/mol. The Hall–Kier alpha value is -2.08. The highest BCUT2D eigenvalue weighted by molar-refractivity contribution is 6.42. The third kappa shape index (κ3) is 5.53. The van der Waals surface area contributed by atoms with Crippen molar-refractivity contribution >= 4 is 40.9 Å². The number of hydrogen-bond acceptors (Lipinski definition) is 4. The molecular formula is C17H16Cl2N2O3. The zero-order chi connectivity index (χ0) is 17.4. The van der Waals surface area contributed by atoms with Gasteiger partial charge in [0.2, 0.25) is 11.8 Å². The van der Waals surface area contributed by atoms with Crippen molar-refractivity contribution in [3.63, 3.8) is 0 Å². The van der Waals surface area contributed by atoms with E-state index in [4.69, 9.17) is 32.7 Å². The SMILES string of the molecule is COCCOc1ncccc1NC(=O)/C=C/c1ccc(Cl)c(Cl)c1. The first-order valence-corrected chi connectivity index (χ1v) is 7.86. The number of carbonyl (C=O) groups excluding carboxylic acids is 1. The van der Waals surface area contributed by atoms with Gasteiger partial charge in [0, 0.05) is 19.4 Å². The largest absolute Gasteiger partial charge is 0.474 e. The molecule has 7 heteroatoms. The standard InChI is InChI=1S/C17H16Cl2N2O3/c1-23-9-10-24-17-15(3-2-8-20-17)21-16(22)7-5-12-4-6-13(18)14(19)11-12/h2-8,11H,9-10H2,1H3,(H,21,22)/b7-5+. The lowest BCUT2D eigenvalue weighted by atomic mass is 10.2. The summed E-state index contributed by atoms with van der Waals surface area (Å²) < 4.78 is 10.4. The van der Waals surface area contributed by atoms with Crippen LogP contribution in [-0.2, 0) is 9.53 Å². The minimum absolute atomic E-state index is 0.314. The summed E-state index contributed by atoms with van der Waals surface area (Å²) in [6.45, 7) is 0.774. The second kappa shape index (κ2) is 9.27. The molecule has 5 nitrogen and oxygen atoms in total. The third-order valence-corrected chi connectivity index (χ3v) is 3.67. The van der Waals surface area contributed by atoms with Crippen LogP contribution < -0.4 is 10.1 Å². The number of benzene rings is 1. The number of halogens is 2. The molecule has 1 aromatic carbocycles. The van der Waals surface area contributed by atoms with Crippen molar-refractivity contribution < 1.29 is 14.3 Å². The van der Waals surface area contributed by atoms with Gasteiger partial charge in [-0.15, -0.1) is 0 Å². The van der Waals surface area contributed by atoms with Crippen LogP contribution in [0.5, 0.6) is 5.88 Å². The maximum atomic E-state index is 12.1. The van der Waals surface area contributed by atoms with E-state index in [1.165, 1.54) is 6.08 Å². The Kier molecular flexibility index (Phi) is 7.06. The van der Waals surface area contributed by atoms with Gasteiger partial charge < -0.3 is 14.8 Å². The van der Waals surface area contributed by atoms with E-state index in [9.17, 15) is 4.79 Å². The van der Waals surface area contributed by atoms with Crippen molar-refractivity contribution in [1.29, 1.82) is 0 Å². The molecule has 0 bridgehead atoms. The van der Waals surface area contributed by atoms with Crippen LogP contribution in [0.15, 0.2) is 42.6 Å². The Morgan fingerprint density at radius 2 is 2.08 bits per heavy atom. The molecule has 0 fully saturated rings. The molecule has 1 N–H and O–H groups in total. The van der Waals surface area contributed by atoms with E-state index in [-0.39, 0.29) is 5.91 Å². The number of hydrogen-bond donors (Lipinski definition) is 1. The Bertz CT molecular complexity index is 736. The molecule has 0 radical (unpaired) electrons. The predicted molar refractivity (Wildman–Crippen MR) is 95.7 cm³/mol. The second-order valence-electron chi connectivity index (χ2n) is 4.69. The lowest BCUT2D eigenvalue weighted by Gasteiger charge is -2.09. The molecule has 2 rings (SSSR count). The maximum Gasteiger partial charge on any atom is 0.248 e. The van der Waals surface area contributed by atoms with Crippen molar-refractivity contribution in [3.8, 4) is 5.88 Å². The molecule has 1 amide bonds. The summed E-state index contributed by atoms with van der Waals surface area (Å²) in [7, 11) is 1.58. The van der Waals surface area contributed by atoms with Crippen LogP contribution in [-0.4, -0.2) is 31.2 Å². The average Bonchev–Trinajstić information content (AvgIpc) is 2.58. The number of aromatic nitrogens is 1. The van der Waals surface area contributed by atoms with Gasteiger partial charge in [-0.3, -0.25) is 4.79 Å². The van der Waals surface area contributed by atoms with E-state index in [1.54, 1.807) is 49.7 Å². The van der Waals surface area contributed by atoms with Crippen LogP contribution in [0, 0.1) is 0 Å². The summed E-state index contributed by atoms with van der Waals surface area (Å²) in [4.78, 5) is 16.1. The Morgan fingerprint density at radius 1 is 1.25 bits per heavy atom. The highest BCUT2D eigenvalue weighted by Crippen LogP contribution is 2.23. The molecule has 0 spiro atoms. The molecule has 126 valence electrons. The summed E-state index contributed by atoms with van der Waals surface area (Å²) in [5.41, 5.74) is 1.25. The summed E-state index contributed by atoms with van der Waals surface area (Å²) in [6, 6.07) is 8.53. The van der Waals surface area contributed by atoms with Crippen LogP contribution in [0.3, 0.4) is 0 Å². The molecule has 1 heterocycles. The van der Waals surface area contributed by atoms with E-state index < -0.39 is 0 Å². The quantitative estimate of drug-likeness (QED) is 0.592. The topological polar surface area (TPSA) is 60.5 Å². The molecule has 2 aromatic rings. The van der Waals surface area contributed by atoms with Crippen molar-refractivity contribution in [2.24, 2.45) is 0 Å². The number of ether oxygens (including phenoxy) is 2. The molecule has 0 saturated heterocycles. The molecule has 0 saturated carbocycles. The first kappa shape index (κ1) is 18.3. The lowest BCUT2D eigenvalue weighted by molar-refractivity contribution is -0.111. The number of carbonyl (C=O) groups is 1. The lowest BCUT2D eigenvalue weighted by Crippen LogP contribution is -2.12. The van der Waals surface area contributed by atoms with Gasteiger partial charge in [0.1, 0.15) is 12.3 Å². The van der Waals surface area contributed by atoms with E-state index in [2.05, 4.69) is 10.3 Å². The first-order chi connectivity index (χ1) is 11.6. The van der Waals surface area contributed by atoms with Crippen molar-refractivity contribution in [2.45, 2.75) is 0 Å². The number of methoxy groups -OCH3 is 1. The van der Waals surface area contributed by atoms with Crippen molar-refractivity contribution in [2.75, 3.05) is 25.6 Å². The molecular weight excluding hydrogens is 351 g/mol. The fourth-order valence-corrected chi connectivity index (χ4v) is 2.09. The van der Waals surface area contributed by atoms with E-state index in [0.29, 0.717) is 34.8 Å². The van der Waals surface area contributed by atoms with Gasteiger partial charge in [-0.25, -0.2) is 4.98 Å². The van der Waals surface area contributed by atoms with Crippen LogP contribution in [0.1, 0.15) is 5.56 Å². The first-order valence-electron chi connectivity index (χ1n) is 7.11. The molecule has 0 atom stereocenters. The van der Waals surface area contributed by atoms with Gasteiger partial charge in [-0.05, 0) is 35.9 Å². The summed E-state index contributed by atoms with van der Waals surface area (Å²) >= 11 is 11.8. The van der Waals surface area contributed by atoms with Gasteiger partial charge in [0.05, 0.1) is 16.7 Å². The van der Waals surface area contributed by atoms with Crippen LogP contribution in [0.2, 0.25) is 10.0 Å². The van der Waals surface area contributed by atoms with Gasteiger partial charge in [0.15, 0.2) is 0 Å². The van der Waals surface area contributed by atoms with Crippen LogP contribution in [0.4, 0.5) is 5.69 Å². The van der Waals surface area contributed by atoms with Gasteiger partial charge >= 0.3 is 0 Å². The molecule has 0 unspecified atom stereocenters. The van der Waals surface area contributed by atoms with Crippen molar-refractivity contribution in [1.82, 2.24) is 4.98 Å². The number of nitrogens with zero attached hydrogens (tertiary/aromatic N) is 1. The summed E-state index contributed by atoms with van der Waals surface area (Å²) in [5, 5.41) is 3.62. The highest BCUT2D eigenvalue weighted by Gasteiger charge is 2.07. The smallest absolute Gasteiger partial charge is 0.248 e.